The van der Waals surface area contributed by atoms with E-state index >= 15 is 0 Å². The van der Waals surface area contributed by atoms with Crippen molar-refractivity contribution in [1.82, 2.24) is 0 Å². The molecule has 3 heteroatoms. The summed E-state index contributed by atoms with van der Waals surface area (Å²) in [6, 6.07) is 25.3. The maximum Gasteiger partial charge on any atom is 0.372 e. The summed E-state index contributed by atoms with van der Waals surface area (Å²) in [5, 5.41) is 10.8. The summed E-state index contributed by atoms with van der Waals surface area (Å²) >= 11 is 0. The van der Waals surface area contributed by atoms with Gasteiger partial charge in [-0.05, 0) is 17.2 Å². The van der Waals surface area contributed by atoms with Crippen LogP contribution in [0.3, 0.4) is 0 Å². The highest BCUT2D eigenvalue weighted by atomic mass is 16.4. The van der Waals surface area contributed by atoms with Crippen molar-refractivity contribution in [1.29, 1.82) is 0 Å². The highest BCUT2D eigenvalue weighted by Crippen LogP contribution is 2.35. The van der Waals surface area contributed by atoms with Gasteiger partial charge in [0.15, 0.2) is 0 Å². The molecule has 0 saturated carbocycles. The highest BCUT2D eigenvalue weighted by molar-refractivity contribution is 6.06. The first-order chi connectivity index (χ1) is 11.7. The SMILES string of the molecule is O=C(O)c1oc(-c2cccc(-c3ccccc3)c2)c2ccccc12. The topological polar surface area (TPSA) is 50.4 Å². The van der Waals surface area contributed by atoms with Crippen LogP contribution in [0.2, 0.25) is 0 Å². The summed E-state index contributed by atoms with van der Waals surface area (Å²) in [5.74, 6) is -0.497. The minimum Gasteiger partial charge on any atom is -0.475 e. The van der Waals surface area contributed by atoms with E-state index < -0.39 is 5.97 Å². The zero-order valence-corrected chi connectivity index (χ0v) is 12.8. The lowest BCUT2D eigenvalue weighted by Gasteiger charge is -2.04. The quantitative estimate of drug-likeness (QED) is 0.546. The van der Waals surface area contributed by atoms with Crippen LogP contribution in [-0.2, 0) is 0 Å². The molecule has 0 saturated heterocycles. The Kier molecular flexibility index (Phi) is 3.39. The van der Waals surface area contributed by atoms with Crippen molar-refractivity contribution >= 4 is 16.7 Å². The van der Waals surface area contributed by atoms with Gasteiger partial charge < -0.3 is 9.52 Å². The maximum atomic E-state index is 11.5. The van der Waals surface area contributed by atoms with Crippen molar-refractivity contribution in [2.75, 3.05) is 0 Å². The lowest BCUT2D eigenvalue weighted by Crippen LogP contribution is -1.93. The van der Waals surface area contributed by atoms with Crippen LogP contribution >= 0.6 is 0 Å². The van der Waals surface area contributed by atoms with Gasteiger partial charge in [0, 0.05) is 16.3 Å². The molecule has 3 nitrogen and oxygen atoms in total. The first-order valence-electron chi connectivity index (χ1n) is 7.65. The Labute approximate surface area is 138 Å². The van der Waals surface area contributed by atoms with E-state index in [9.17, 15) is 9.90 Å². The standard InChI is InChI=1S/C21H14O3/c22-21(23)20-18-12-5-4-11-17(18)19(24-20)16-10-6-9-15(13-16)14-7-2-1-3-8-14/h1-13H,(H,22,23). The second kappa shape index (κ2) is 5.70. The third-order valence-corrected chi connectivity index (χ3v) is 4.05. The van der Waals surface area contributed by atoms with Gasteiger partial charge in [0.1, 0.15) is 5.76 Å². The van der Waals surface area contributed by atoms with E-state index in [0.717, 1.165) is 22.1 Å². The largest absolute Gasteiger partial charge is 0.475 e. The minimum absolute atomic E-state index is 0.0225. The molecule has 0 fully saturated rings. The van der Waals surface area contributed by atoms with E-state index in [2.05, 4.69) is 0 Å². The Morgan fingerprint density at radius 3 is 2.08 bits per heavy atom. The van der Waals surface area contributed by atoms with Crippen LogP contribution in [0.1, 0.15) is 10.6 Å². The van der Waals surface area contributed by atoms with Crippen LogP contribution in [0.5, 0.6) is 0 Å². The molecule has 1 heterocycles. The summed E-state index contributed by atoms with van der Waals surface area (Å²) in [7, 11) is 0. The Balaban J connectivity index is 1.91. The van der Waals surface area contributed by atoms with Gasteiger partial charge in [-0.2, -0.15) is 0 Å². The molecule has 4 aromatic rings. The number of furan rings is 1. The highest BCUT2D eigenvalue weighted by Gasteiger charge is 2.19. The molecule has 0 aliphatic heterocycles. The van der Waals surface area contributed by atoms with Crippen molar-refractivity contribution in [2.24, 2.45) is 0 Å². The zero-order chi connectivity index (χ0) is 16.5. The van der Waals surface area contributed by atoms with Crippen LogP contribution in [0, 0.1) is 0 Å². The monoisotopic (exact) mass is 314 g/mol. The van der Waals surface area contributed by atoms with E-state index in [4.69, 9.17) is 4.42 Å². The minimum atomic E-state index is -1.06. The van der Waals surface area contributed by atoms with Crippen molar-refractivity contribution in [3.63, 3.8) is 0 Å². The number of hydrogen-bond donors (Lipinski definition) is 1. The van der Waals surface area contributed by atoms with Crippen molar-refractivity contribution in [2.45, 2.75) is 0 Å². The molecule has 0 unspecified atom stereocenters. The molecule has 116 valence electrons. The first-order valence-corrected chi connectivity index (χ1v) is 7.65. The van der Waals surface area contributed by atoms with Crippen LogP contribution in [0.15, 0.2) is 83.3 Å². The zero-order valence-electron chi connectivity index (χ0n) is 12.8. The third-order valence-electron chi connectivity index (χ3n) is 4.05. The van der Waals surface area contributed by atoms with Gasteiger partial charge in [0.2, 0.25) is 5.76 Å². The third kappa shape index (κ3) is 2.36. The van der Waals surface area contributed by atoms with Crippen LogP contribution in [0.25, 0.3) is 33.2 Å². The first kappa shape index (κ1) is 14.3. The average molecular weight is 314 g/mol. The van der Waals surface area contributed by atoms with Gasteiger partial charge >= 0.3 is 5.97 Å². The molecule has 0 bridgehead atoms. The van der Waals surface area contributed by atoms with Crippen molar-refractivity contribution < 1.29 is 14.3 Å². The van der Waals surface area contributed by atoms with Crippen molar-refractivity contribution in [3.8, 4) is 22.5 Å². The van der Waals surface area contributed by atoms with E-state index in [1.54, 1.807) is 6.07 Å². The fourth-order valence-electron chi connectivity index (χ4n) is 2.94. The van der Waals surface area contributed by atoms with Gasteiger partial charge in [0.05, 0.1) is 0 Å². The summed E-state index contributed by atoms with van der Waals surface area (Å²) in [5.41, 5.74) is 3.03. The Morgan fingerprint density at radius 2 is 1.33 bits per heavy atom. The number of hydrogen-bond acceptors (Lipinski definition) is 2. The molecule has 4 rings (SSSR count). The van der Waals surface area contributed by atoms with Crippen molar-refractivity contribution in [3.05, 3.63) is 84.6 Å². The second-order valence-electron chi connectivity index (χ2n) is 5.56. The molecule has 0 atom stereocenters. The van der Waals surface area contributed by atoms with Gasteiger partial charge in [0.25, 0.3) is 0 Å². The summed E-state index contributed by atoms with van der Waals surface area (Å²) in [4.78, 5) is 11.5. The lowest BCUT2D eigenvalue weighted by molar-refractivity contribution is 0.0666. The van der Waals surface area contributed by atoms with Gasteiger partial charge in [-0.25, -0.2) is 4.79 Å². The Bertz CT molecular complexity index is 1030. The predicted octanol–water partition coefficient (Wildman–Crippen LogP) is 5.47. The van der Waals surface area contributed by atoms with Crippen LogP contribution in [-0.4, -0.2) is 11.1 Å². The number of benzene rings is 3. The predicted molar refractivity (Wildman–Crippen MR) is 94.0 cm³/mol. The fourth-order valence-corrected chi connectivity index (χ4v) is 2.94. The van der Waals surface area contributed by atoms with Crippen LogP contribution < -0.4 is 0 Å². The van der Waals surface area contributed by atoms with Gasteiger partial charge in [-0.1, -0.05) is 72.8 Å². The average Bonchev–Trinajstić information content (AvgIpc) is 3.03. The lowest BCUT2D eigenvalue weighted by atomic mass is 10.0. The number of fused-ring (bicyclic) bond motifs is 1. The van der Waals surface area contributed by atoms with E-state index in [1.165, 1.54) is 0 Å². The molecular weight excluding hydrogens is 300 g/mol. The fraction of sp³-hybridized carbons (Fsp3) is 0. The molecule has 0 aliphatic carbocycles. The number of rotatable bonds is 3. The van der Waals surface area contributed by atoms with Crippen LogP contribution in [0.4, 0.5) is 0 Å². The second-order valence-corrected chi connectivity index (χ2v) is 5.56. The van der Waals surface area contributed by atoms with E-state index in [-0.39, 0.29) is 5.76 Å². The molecule has 1 aromatic heterocycles. The smallest absolute Gasteiger partial charge is 0.372 e. The summed E-state index contributed by atoms with van der Waals surface area (Å²) < 4.78 is 5.70. The Morgan fingerprint density at radius 1 is 0.708 bits per heavy atom. The summed E-state index contributed by atoms with van der Waals surface area (Å²) in [6.45, 7) is 0. The van der Waals surface area contributed by atoms with Gasteiger partial charge in [-0.3, -0.25) is 0 Å². The molecule has 3 aromatic carbocycles. The van der Waals surface area contributed by atoms with Gasteiger partial charge in [-0.15, -0.1) is 0 Å². The van der Waals surface area contributed by atoms with E-state index in [1.807, 2.05) is 72.8 Å². The Hall–Kier alpha value is -3.33. The maximum absolute atomic E-state index is 11.5. The normalized spacial score (nSPS) is 10.8. The molecule has 0 aliphatic rings. The summed E-state index contributed by atoms with van der Waals surface area (Å²) in [6.07, 6.45) is 0. The number of carbonyl (C=O) groups is 1. The number of aromatic carboxylic acids is 1. The molecular formula is C21H14O3. The number of carboxylic acid groups (broad SMARTS) is 1. The molecule has 1 N–H and O–H groups in total. The molecule has 0 amide bonds. The molecule has 24 heavy (non-hydrogen) atoms. The number of carboxylic acids is 1. The molecule has 0 spiro atoms. The van der Waals surface area contributed by atoms with E-state index in [0.29, 0.717) is 11.1 Å². The molecule has 0 radical (unpaired) electrons.